The van der Waals surface area contributed by atoms with E-state index < -0.39 is 17.6 Å². The van der Waals surface area contributed by atoms with Crippen LogP contribution in [0.1, 0.15) is 16.7 Å². The van der Waals surface area contributed by atoms with Crippen molar-refractivity contribution in [3.8, 4) is 0 Å². The first-order valence-corrected chi connectivity index (χ1v) is 5.89. The smallest absolute Gasteiger partial charge is 0.309 e. The van der Waals surface area contributed by atoms with E-state index in [0.29, 0.717) is 12.6 Å². The quantitative estimate of drug-likeness (QED) is 0.876. The zero-order valence-corrected chi connectivity index (χ0v) is 10.7. The van der Waals surface area contributed by atoms with Gasteiger partial charge in [-0.05, 0) is 23.8 Å². The first kappa shape index (κ1) is 14.5. The van der Waals surface area contributed by atoms with E-state index in [9.17, 15) is 17.6 Å². The lowest BCUT2D eigenvalue weighted by atomic mass is 10.1. The van der Waals surface area contributed by atoms with Gasteiger partial charge in [-0.25, -0.2) is 4.39 Å². The fraction of sp³-hybridized carbons (Fsp3) is 0.308. The number of benzene rings is 1. The number of nitrogens with one attached hydrogen (secondary N) is 1. The lowest BCUT2D eigenvalue weighted by molar-refractivity contribution is -0.137. The Morgan fingerprint density at radius 2 is 1.85 bits per heavy atom. The Labute approximate surface area is 113 Å². The van der Waals surface area contributed by atoms with Crippen LogP contribution in [0.2, 0.25) is 0 Å². The summed E-state index contributed by atoms with van der Waals surface area (Å²) in [7, 11) is 1.77. The number of hydrogen-bond acceptors (Lipinski definition) is 2. The van der Waals surface area contributed by atoms with Crippen LogP contribution in [0.25, 0.3) is 0 Å². The molecule has 0 saturated heterocycles. The third-order valence-corrected chi connectivity index (χ3v) is 2.70. The van der Waals surface area contributed by atoms with Crippen LogP contribution in [0.15, 0.2) is 30.6 Å². The molecule has 1 aromatic heterocycles. The van der Waals surface area contributed by atoms with Gasteiger partial charge in [0.2, 0.25) is 0 Å². The largest absolute Gasteiger partial charge is 0.416 e. The highest BCUT2D eigenvalue weighted by atomic mass is 19.4. The normalized spacial score (nSPS) is 11.8. The summed E-state index contributed by atoms with van der Waals surface area (Å²) < 4.78 is 52.4. The van der Waals surface area contributed by atoms with E-state index in [4.69, 9.17) is 0 Å². The van der Waals surface area contributed by atoms with Gasteiger partial charge in [0.25, 0.3) is 0 Å². The van der Waals surface area contributed by atoms with Crippen LogP contribution in [-0.2, 0) is 26.3 Å². The molecule has 0 bridgehead atoms. The average Bonchev–Trinajstić information content (AvgIpc) is 2.73. The average molecular weight is 287 g/mol. The number of halogens is 4. The summed E-state index contributed by atoms with van der Waals surface area (Å²) in [5.74, 6) is -0.891. The van der Waals surface area contributed by atoms with Gasteiger partial charge < -0.3 is 5.32 Å². The number of aromatic nitrogens is 2. The SMILES string of the molecule is Cn1cc(CNCc2cc(F)cc(C(F)(F)F)c2)cn1. The minimum absolute atomic E-state index is 0.149. The predicted octanol–water partition coefficient (Wildman–Crippen LogP) is 2.87. The molecule has 0 unspecified atom stereocenters. The highest BCUT2D eigenvalue weighted by Crippen LogP contribution is 2.30. The first-order chi connectivity index (χ1) is 9.34. The standard InChI is InChI=1S/C13H13F4N3/c1-20-8-10(7-19-20)6-18-5-9-2-11(13(15,16)17)4-12(14)3-9/h2-4,7-8,18H,5-6H2,1H3. The molecule has 20 heavy (non-hydrogen) atoms. The Morgan fingerprint density at radius 1 is 1.15 bits per heavy atom. The Kier molecular flexibility index (Phi) is 4.08. The van der Waals surface area contributed by atoms with Crippen molar-refractivity contribution in [1.82, 2.24) is 15.1 Å². The van der Waals surface area contributed by atoms with E-state index in [1.807, 2.05) is 0 Å². The van der Waals surface area contributed by atoms with Crippen molar-refractivity contribution in [3.63, 3.8) is 0 Å². The lowest BCUT2D eigenvalue weighted by Crippen LogP contribution is -2.14. The Bertz CT molecular complexity index is 590. The van der Waals surface area contributed by atoms with Crippen LogP contribution in [0.3, 0.4) is 0 Å². The number of rotatable bonds is 4. The van der Waals surface area contributed by atoms with Gasteiger partial charge in [0.05, 0.1) is 11.8 Å². The lowest BCUT2D eigenvalue weighted by Gasteiger charge is -2.10. The van der Waals surface area contributed by atoms with E-state index in [2.05, 4.69) is 10.4 Å². The van der Waals surface area contributed by atoms with Gasteiger partial charge in [-0.1, -0.05) is 0 Å². The second kappa shape index (κ2) is 5.62. The molecule has 1 heterocycles. The van der Waals surface area contributed by atoms with Gasteiger partial charge in [0.15, 0.2) is 0 Å². The minimum atomic E-state index is -4.54. The van der Waals surface area contributed by atoms with Gasteiger partial charge in [-0.2, -0.15) is 18.3 Å². The molecule has 7 heteroatoms. The van der Waals surface area contributed by atoms with E-state index in [-0.39, 0.29) is 12.1 Å². The Morgan fingerprint density at radius 3 is 2.45 bits per heavy atom. The molecule has 108 valence electrons. The van der Waals surface area contributed by atoms with E-state index in [1.165, 1.54) is 0 Å². The maximum absolute atomic E-state index is 13.2. The third kappa shape index (κ3) is 3.80. The third-order valence-electron chi connectivity index (χ3n) is 2.70. The number of alkyl halides is 3. The second-order valence-corrected chi connectivity index (χ2v) is 4.47. The molecule has 0 fully saturated rings. The summed E-state index contributed by atoms with van der Waals surface area (Å²) >= 11 is 0. The van der Waals surface area contributed by atoms with Gasteiger partial charge in [0, 0.05) is 31.9 Å². The van der Waals surface area contributed by atoms with E-state index in [0.717, 1.165) is 17.7 Å². The fourth-order valence-electron chi connectivity index (χ4n) is 1.83. The molecule has 0 atom stereocenters. The summed E-state index contributed by atoms with van der Waals surface area (Å²) in [6.07, 6.45) is -1.10. The van der Waals surface area contributed by atoms with E-state index in [1.54, 1.807) is 24.1 Å². The molecule has 0 aliphatic heterocycles. The molecule has 0 aliphatic carbocycles. The van der Waals surface area contributed by atoms with E-state index >= 15 is 0 Å². The van der Waals surface area contributed by atoms with Crippen molar-refractivity contribution in [2.45, 2.75) is 19.3 Å². The summed E-state index contributed by atoms with van der Waals surface area (Å²) in [6, 6.07) is 2.52. The van der Waals surface area contributed by atoms with Crippen molar-refractivity contribution in [1.29, 1.82) is 0 Å². The zero-order chi connectivity index (χ0) is 14.8. The van der Waals surface area contributed by atoms with Crippen molar-refractivity contribution < 1.29 is 17.6 Å². The summed E-state index contributed by atoms with van der Waals surface area (Å²) in [4.78, 5) is 0. The molecule has 0 saturated carbocycles. The second-order valence-electron chi connectivity index (χ2n) is 4.47. The Balaban J connectivity index is 2.00. The monoisotopic (exact) mass is 287 g/mol. The highest BCUT2D eigenvalue weighted by Gasteiger charge is 2.31. The molecule has 1 aromatic carbocycles. The van der Waals surface area contributed by atoms with Crippen molar-refractivity contribution in [2.24, 2.45) is 7.05 Å². The molecule has 2 rings (SSSR count). The van der Waals surface area contributed by atoms with Gasteiger partial charge in [-0.3, -0.25) is 4.68 Å². The molecular formula is C13H13F4N3. The van der Waals surface area contributed by atoms with Crippen LogP contribution in [0, 0.1) is 5.82 Å². The molecule has 2 aromatic rings. The summed E-state index contributed by atoms with van der Waals surface area (Å²) in [6.45, 7) is 0.599. The summed E-state index contributed by atoms with van der Waals surface area (Å²) in [5.41, 5.74) is 0.178. The molecule has 0 aliphatic rings. The number of aryl methyl sites for hydroxylation is 1. The predicted molar refractivity (Wildman–Crippen MR) is 65.2 cm³/mol. The van der Waals surface area contributed by atoms with Crippen LogP contribution in [-0.4, -0.2) is 9.78 Å². The number of hydrogen-bond donors (Lipinski definition) is 1. The maximum atomic E-state index is 13.2. The maximum Gasteiger partial charge on any atom is 0.416 e. The molecule has 3 nitrogen and oxygen atoms in total. The van der Waals surface area contributed by atoms with Gasteiger partial charge in [0.1, 0.15) is 5.82 Å². The molecule has 1 N–H and O–H groups in total. The first-order valence-electron chi connectivity index (χ1n) is 5.89. The van der Waals surface area contributed by atoms with Crippen LogP contribution < -0.4 is 5.32 Å². The van der Waals surface area contributed by atoms with Gasteiger partial charge in [-0.15, -0.1) is 0 Å². The fourth-order valence-corrected chi connectivity index (χ4v) is 1.83. The summed E-state index contributed by atoms with van der Waals surface area (Å²) in [5, 5.41) is 6.92. The van der Waals surface area contributed by atoms with Crippen molar-refractivity contribution in [3.05, 3.63) is 53.1 Å². The van der Waals surface area contributed by atoms with Crippen molar-refractivity contribution >= 4 is 0 Å². The topological polar surface area (TPSA) is 29.9 Å². The van der Waals surface area contributed by atoms with Crippen LogP contribution in [0.4, 0.5) is 17.6 Å². The zero-order valence-electron chi connectivity index (χ0n) is 10.7. The Hall–Kier alpha value is -1.89. The van der Waals surface area contributed by atoms with Crippen LogP contribution in [0.5, 0.6) is 0 Å². The molecular weight excluding hydrogens is 274 g/mol. The van der Waals surface area contributed by atoms with Gasteiger partial charge >= 0.3 is 6.18 Å². The molecule has 0 radical (unpaired) electrons. The minimum Gasteiger partial charge on any atom is -0.309 e. The van der Waals surface area contributed by atoms with Crippen molar-refractivity contribution in [2.75, 3.05) is 0 Å². The molecule has 0 spiro atoms. The van der Waals surface area contributed by atoms with Crippen LogP contribution >= 0.6 is 0 Å². The number of nitrogens with zero attached hydrogens (tertiary/aromatic N) is 2. The molecule has 0 amide bonds. The highest BCUT2D eigenvalue weighted by molar-refractivity contribution is 5.26.